The fraction of sp³-hybridized carbons (Fsp3) is 0.226. The van der Waals surface area contributed by atoms with E-state index in [2.05, 4.69) is 10.6 Å². The van der Waals surface area contributed by atoms with Gasteiger partial charge in [0, 0.05) is 26.4 Å². The lowest BCUT2D eigenvalue weighted by Crippen LogP contribution is -2.17. The number of aromatic carboxylic acids is 1. The van der Waals surface area contributed by atoms with Gasteiger partial charge >= 0.3 is 11.9 Å². The number of ether oxygens (including phenoxy) is 1. The molecule has 1 aliphatic carbocycles. The summed E-state index contributed by atoms with van der Waals surface area (Å²) in [5, 5.41) is 17.0. The number of carbonyl (C=O) groups excluding carboxylic acids is 3. The number of aryl methyl sites for hydroxylation is 1. The van der Waals surface area contributed by atoms with Crippen molar-refractivity contribution in [3.63, 3.8) is 0 Å². The summed E-state index contributed by atoms with van der Waals surface area (Å²) >= 11 is 2.75. The van der Waals surface area contributed by atoms with Crippen molar-refractivity contribution in [2.45, 2.75) is 37.5 Å². The van der Waals surface area contributed by atoms with E-state index in [4.69, 9.17) is 4.74 Å². The first-order valence-corrected chi connectivity index (χ1v) is 15.1. The highest BCUT2D eigenvalue weighted by Gasteiger charge is 2.27. The number of thioether (sulfide) groups is 1. The lowest BCUT2D eigenvalue weighted by atomic mass is 9.95. The number of anilines is 2. The van der Waals surface area contributed by atoms with Gasteiger partial charge in [-0.05, 0) is 73.9 Å². The van der Waals surface area contributed by atoms with Crippen molar-refractivity contribution >= 4 is 68.3 Å². The zero-order valence-corrected chi connectivity index (χ0v) is 24.0. The Kier molecular flexibility index (Phi) is 8.70. The normalized spacial score (nSPS) is 12.4. The number of esters is 1. The molecule has 0 saturated heterocycles. The molecule has 0 unspecified atom stereocenters. The Morgan fingerprint density at radius 2 is 1.68 bits per heavy atom. The van der Waals surface area contributed by atoms with E-state index in [1.807, 2.05) is 6.07 Å². The van der Waals surface area contributed by atoms with Crippen LogP contribution >= 0.6 is 23.1 Å². The van der Waals surface area contributed by atoms with E-state index in [1.165, 1.54) is 29.2 Å². The number of rotatable bonds is 9. The smallest absolute Gasteiger partial charge is 0.341 e. The largest absolute Gasteiger partial charge is 0.478 e. The minimum Gasteiger partial charge on any atom is -0.478 e. The van der Waals surface area contributed by atoms with Gasteiger partial charge in [-0.1, -0.05) is 30.3 Å². The minimum absolute atomic E-state index is 0.0567. The van der Waals surface area contributed by atoms with Crippen molar-refractivity contribution in [2.75, 3.05) is 23.0 Å². The summed E-state index contributed by atoms with van der Waals surface area (Å²) in [6, 6.07) is 17.1. The molecule has 0 saturated carbocycles. The topological polar surface area (TPSA) is 122 Å². The molecule has 0 aliphatic heterocycles. The van der Waals surface area contributed by atoms with Crippen LogP contribution in [0.1, 0.15) is 61.3 Å². The van der Waals surface area contributed by atoms with Gasteiger partial charge in [0.1, 0.15) is 5.00 Å². The molecule has 210 valence electrons. The summed E-state index contributed by atoms with van der Waals surface area (Å²) in [5.74, 6) is -2.08. The van der Waals surface area contributed by atoms with Crippen LogP contribution < -0.4 is 10.6 Å². The first-order chi connectivity index (χ1) is 19.9. The second-order valence-corrected chi connectivity index (χ2v) is 11.6. The number of hydrogen-bond donors (Lipinski definition) is 3. The molecule has 4 aromatic rings. The maximum atomic E-state index is 13.2. The van der Waals surface area contributed by atoms with Crippen LogP contribution in [-0.2, 0) is 22.4 Å². The monoisotopic (exact) mass is 588 g/mol. The molecule has 1 heterocycles. The predicted molar refractivity (Wildman–Crippen MR) is 162 cm³/mol. The van der Waals surface area contributed by atoms with E-state index in [0.717, 1.165) is 41.0 Å². The van der Waals surface area contributed by atoms with E-state index in [1.54, 1.807) is 55.5 Å². The average molecular weight is 589 g/mol. The van der Waals surface area contributed by atoms with Gasteiger partial charge in [-0.3, -0.25) is 9.59 Å². The van der Waals surface area contributed by atoms with Crippen LogP contribution in [-0.4, -0.2) is 41.2 Å². The van der Waals surface area contributed by atoms with Crippen molar-refractivity contribution in [1.29, 1.82) is 0 Å². The zero-order valence-electron chi connectivity index (χ0n) is 22.3. The third-order valence-corrected chi connectivity index (χ3v) is 8.95. The molecule has 0 spiro atoms. The maximum absolute atomic E-state index is 13.2. The molecule has 3 aromatic carbocycles. The number of nitrogens with one attached hydrogen (secondary N) is 2. The van der Waals surface area contributed by atoms with E-state index in [9.17, 15) is 24.3 Å². The molecule has 41 heavy (non-hydrogen) atoms. The molecule has 1 aliphatic rings. The van der Waals surface area contributed by atoms with Crippen LogP contribution in [0.25, 0.3) is 10.8 Å². The van der Waals surface area contributed by atoms with Crippen molar-refractivity contribution < 1.29 is 29.0 Å². The van der Waals surface area contributed by atoms with Gasteiger partial charge < -0.3 is 20.5 Å². The Morgan fingerprint density at radius 1 is 0.951 bits per heavy atom. The molecule has 2 amide bonds. The second-order valence-electron chi connectivity index (χ2n) is 9.47. The van der Waals surface area contributed by atoms with E-state index in [-0.39, 0.29) is 29.4 Å². The van der Waals surface area contributed by atoms with Gasteiger partial charge in [-0.25, -0.2) is 9.59 Å². The standard InChI is InChI=1S/C31H28N2O6S2/c1-2-39-31(38)27-21-12-3-4-15-24(21)41-29(27)33-25(34)17-40-20-11-7-10-19(16-20)32-28(35)22-13-5-8-18-9-6-14-23(26(18)22)30(36)37/h5-11,13-14,16H,2-4,12,15,17H2,1H3,(H,32,35)(H,33,34)(H,36,37). The van der Waals surface area contributed by atoms with Gasteiger partial charge in [0.05, 0.1) is 23.5 Å². The molecular weight excluding hydrogens is 560 g/mol. The summed E-state index contributed by atoms with van der Waals surface area (Å²) in [4.78, 5) is 52.4. The van der Waals surface area contributed by atoms with Gasteiger partial charge in [-0.2, -0.15) is 0 Å². The maximum Gasteiger partial charge on any atom is 0.341 e. The summed E-state index contributed by atoms with van der Waals surface area (Å²) < 4.78 is 5.27. The van der Waals surface area contributed by atoms with Crippen molar-refractivity contribution in [1.82, 2.24) is 0 Å². The van der Waals surface area contributed by atoms with Crippen molar-refractivity contribution in [3.8, 4) is 0 Å². The van der Waals surface area contributed by atoms with Crippen LogP contribution in [0.15, 0.2) is 65.6 Å². The second kappa shape index (κ2) is 12.6. The fourth-order valence-electron chi connectivity index (χ4n) is 4.96. The average Bonchev–Trinajstić information content (AvgIpc) is 3.33. The number of thiophene rings is 1. The molecule has 1 aromatic heterocycles. The van der Waals surface area contributed by atoms with Crippen LogP contribution in [0.2, 0.25) is 0 Å². The van der Waals surface area contributed by atoms with Crippen LogP contribution in [0.3, 0.4) is 0 Å². The Hall–Kier alpha value is -4.15. The fourth-order valence-corrected chi connectivity index (χ4v) is 7.00. The number of carboxylic acids is 1. The summed E-state index contributed by atoms with van der Waals surface area (Å²) in [7, 11) is 0. The highest BCUT2D eigenvalue weighted by atomic mass is 32.2. The van der Waals surface area contributed by atoms with Crippen LogP contribution in [0, 0.1) is 0 Å². The molecule has 5 rings (SSSR count). The highest BCUT2D eigenvalue weighted by molar-refractivity contribution is 8.00. The molecular formula is C31H28N2O6S2. The van der Waals surface area contributed by atoms with Crippen molar-refractivity contribution in [2.24, 2.45) is 0 Å². The quantitative estimate of drug-likeness (QED) is 0.148. The first-order valence-electron chi connectivity index (χ1n) is 13.3. The van der Waals surface area contributed by atoms with E-state index in [0.29, 0.717) is 27.0 Å². The third kappa shape index (κ3) is 6.28. The molecule has 3 N–H and O–H groups in total. The zero-order chi connectivity index (χ0) is 28.9. The molecule has 8 nitrogen and oxygen atoms in total. The first kappa shape index (κ1) is 28.4. The molecule has 0 bridgehead atoms. The van der Waals surface area contributed by atoms with Gasteiger partial charge in [-0.15, -0.1) is 23.1 Å². The SMILES string of the molecule is CCOC(=O)c1c(NC(=O)CSc2cccc(NC(=O)c3cccc4cccc(C(=O)O)c34)c2)sc2c1CCCC2. The van der Waals surface area contributed by atoms with Gasteiger partial charge in [0.25, 0.3) is 5.91 Å². The highest BCUT2D eigenvalue weighted by Crippen LogP contribution is 2.39. The number of fused-ring (bicyclic) bond motifs is 2. The van der Waals surface area contributed by atoms with E-state index < -0.39 is 17.8 Å². The third-order valence-electron chi connectivity index (χ3n) is 6.75. The Labute approximate surface area is 245 Å². The minimum atomic E-state index is -1.11. The van der Waals surface area contributed by atoms with E-state index >= 15 is 0 Å². The molecule has 0 fully saturated rings. The Balaban J connectivity index is 1.27. The van der Waals surface area contributed by atoms with Crippen molar-refractivity contribution in [3.05, 3.63) is 87.8 Å². The molecule has 0 radical (unpaired) electrons. The summed E-state index contributed by atoms with van der Waals surface area (Å²) in [6.45, 7) is 2.03. The summed E-state index contributed by atoms with van der Waals surface area (Å²) in [6.07, 6.45) is 3.77. The van der Waals surface area contributed by atoms with Crippen LogP contribution in [0.4, 0.5) is 10.7 Å². The number of hydrogen-bond acceptors (Lipinski definition) is 7. The van der Waals surface area contributed by atoms with Gasteiger partial charge in [0.2, 0.25) is 5.91 Å². The Bertz CT molecular complexity index is 1660. The summed E-state index contributed by atoms with van der Waals surface area (Å²) in [5.41, 5.74) is 2.30. The number of carboxylic acid groups (broad SMARTS) is 1. The Morgan fingerprint density at radius 3 is 2.44 bits per heavy atom. The number of carbonyl (C=O) groups is 4. The lowest BCUT2D eigenvalue weighted by molar-refractivity contribution is -0.113. The van der Waals surface area contributed by atoms with Gasteiger partial charge in [0.15, 0.2) is 0 Å². The molecule has 0 atom stereocenters. The predicted octanol–water partition coefficient (Wildman–Crippen LogP) is 6.64. The molecule has 10 heteroatoms. The number of amides is 2. The lowest BCUT2D eigenvalue weighted by Gasteiger charge is -2.12. The van der Waals surface area contributed by atoms with Crippen LogP contribution in [0.5, 0.6) is 0 Å². The number of benzene rings is 3.